The minimum absolute atomic E-state index is 0.601. The van der Waals surface area contributed by atoms with Crippen LogP contribution in [0.25, 0.3) is 0 Å². The van der Waals surface area contributed by atoms with Gasteiger partial charge in [0.2, 0.25) is 0 Å². The highest BCUT2D eigenvalue weighted by Gasteiger charge is 2.28. The summed E-state index contributed by atoms with van der Waals surface area (Å²) in [4.78, 5) is 2.41. The smallest absolute Gasteiger partial charge is 0.150 e. The fourth-order valence-electron chi connectivity index (χ4n) is 2.30. The molecule has 4 nitrogen and oxygen atoms in total. The minimum Gasteiger partial charge on any atom is -0.360 e. The number of rotatable bonds is 3. The molecular weight excluding hydrogens is 190 g/mol. The Balaban J connectivity index is 1.95. The monoisotopic (exact) mass is 209 g/mol. The van der Waals surface area contributed by atoms with E-state index in [1.165, 1.54) is 6.42 Å². The van der Waals surface area contributed by atoms with E-state index in [9.17, 15) is 0 Å². The van der Waals surface area contributed by atoms with E-state index < -0.39 is 0 Å². The lowest BCUT2D eigenvalue weighted by Crippen LogP contribution is -2.27. The predicted octanol–water partition coefficient (Wildman–Crippen LogP) is 1.15. The second-order valence-electron chi connectivity index (χ2n) is 4.55. The standard InChI is InChI=1S/C11H19N3O/c1-8-3-11(15-13-8)7-14-6-10(5-12)4-9(14)2/h3,9-10H,4-7,12H2,1-2H3. The van der Waals surface area contributed by atoms with Crippen molar-refractivity contribution in [3.63, 3.8) is 0 Å². The predicted molar refractivity (Wildman–Crippen MR) is 58.3 cm³/mol. The SMILES string of the molecule is Cc1cc(CN2CC(CN)CC2C)on1. The van der Waals surface area contributed by atoms with Gasteiger partial charge in [0.15, 0.2) is 5.76 Å². The molecule has 0 saturated carbocycles. The first-order valence-corrected chi connectivity index (χ1v) is 5.55. The van der Waals surface area contributed by atoms with E-state index in [4.69, 9.17) is 10.3 Å². The third-order valence-electron chi connectivity index (χ3n) is 3.16. The molecule has 2 N–H and O–H groups in total. The molecule has 0 spiro atoms. The van der Waals surface area contributed by atoms with Crippen molar-refractivity contribution in [3.8, 4) is 0 Å². The van der Waals surface area contributed by atoms with Gasteiger partial charge in [-0.1, -0.05) is 5.16 Å². The summed E-state index contributed by atoms with van der Waals surface area (Å²) in [6.07, 6.45) is 1.20. The topological polar surface area (TPSA) is 55.3 Å². The Hall–Kier alpha value is -0.870. The van der Waals surface area contributed by atoms with Crippen LogP contribution in [0.3, 0.4) is 0 Å². The second-order valence-corrected chi connectivity index (χ2v) is 4.55. The van der Waals surface area contributed by atoms with E-state index in [1.807, 2.05) is 13.0 Å². The largest absolute Gasteiger partial charge is 0.360 e. The van der Waals surface area contributed by atoms with Gasteiger partial charge in [-0.15, -0.1) is 0 Å². The highest BCUT2D eigenvalue weighted by atomic mass is 16.5. The average Bonchev–Trinajstić information content (AvgIpc) is 2.75. The Morgan fingerprint density at radius 1 is 1.67 bits per heavy atom. The number of nitrogens with zero attached hydrogens (tertiary/aromatic N) is 2. The summed E-state index contributed by atoms with van der Waals surface area (Å²) in [5.41, 5.74) is 6.64. The van der Waals surface area contributed by atoms with E-state index in [-0.39, 0.29) is 0 Å². The summed E-state index contributed by atoms with van der Waals surface area (Å²) in [7, 11) is 0. The van der Waals surface area contributed by atoms with Gasteiger partial charge in [0, 0.05) is 18.7 Å². The molecule has 1 aliphatic heterocycles. The molecule has 2 atom stereocenters. The van der Waals surface area contributed by atoms with Crippen LogP contribution in [0.15, 0.2) is 10.6 Å². The van der Waals surface area contributed by atoms with E-state index in [1.54, 1.807) is 0 Å². The van der Waals surface area contributed by atoms with Crippen LogP contribution in [0, 0.1) is 12.8 Å². The van der Waals surface area contributed by atoms with E-state index in [0.717, 1.165) is 31.1 Å². The first-order chi connectivity index (χ1) is 7.19. The summed E-state index contributed by atoms with van der Waals surface area (Å²) in [5, 5.41) is 3.90. The maximum Gasteiger partial charge on any atom is 0.150 e. The summed E-state index contributed by atoms with van der Waals surface area (Å²) in [6, 6.07) is 2.60. The molecule has 2 rings (SSSR count). The molecule has 2 heterocycles. The molecule has 1 fully saturated rings. The Morgan fingerprint density at radius 2 is 2.47 bits per heavy atom. The third kappa shape index (κ3) is 2.38. The summed E-state index contributed by atoms with van der Waals surface area (Å²) < 4.78 is 5.22. The maximum absolute atomic E-state index is 5.69. The van der Waals surface area contributed by atoms with E-state index >= 15 is 0 Å². The van der Waals surface area contributed by atoms with Crippen molar-refractivity contribution in [3.05, 3.63) is 17.5 Å². The Morgan fingerprint density at radius 3 is 3.00 bits per heavy atom. The van der Waals surface area contributed by atoms with Crippen molar-refractivity contribution in [1.29, 1.82) is 0 Å². The van der Waals surface area contributed by atoms with Crippen LogP contribution in [0.4, 0.5) is 0 Å². The lowest BCUT2D eigenvalue weighted by molar-refractivity contribution is 0.222. The number of hydrogen-bond donors (Lipinski definition) is 1. The van der Waals surface area contributed by atoms with Crippen LogP contribution >= 0.6 is 0 Å². The lowest BCUT2D eigenvalue weighted by Gasteiger charge is -2.18. The fraction of sp³-hybridized carbons (Fsp3) is 0.727. The Bertz CT molecular complexity index is 323. The maximum atomic E-state index is 5.69. The van der Waals surface area contributed by atoms with Crippen LogP contribution in [0.2, 0.25) is 0 Å². The molecule has 2 unspecified atom stereocenters. The number of hydrogen-bond acceptors (Lipinski definition) is 4. The van der Waals surface area contributed by atoms with Crippen molar-refractivity contribution in [2.24, 2.45) is 11.7 Å². The lowest BCUT2D eigenvalue weighted by atomic mass is 10.1. The number of aromatic nitrogens is 1. The van der Waals surface area contributed by atoms with Gasteiger partial charge in [0.05, 0.1) is 12.2 Å². The summed E-state index contributed by atoms with van der Waals surface area (Å²) in [5.74, 6) is 1.60. The van der Waals surface area contributed by atoms with Crippen molar-refractivity contribution in [1.82, 2.24) is 10.1 Å². The zero-order valence-corrected chi connectivity index (χ0v) is 9.44. The van der Waals surface area contributed by atoms with Gasteiger partial charge in [0.25, 0.3) is 0 Å². The molecule has 0 aromatic carbocycles. The average molecular weight is 209 g/mol. The first kappa shape index (κ1) is 10.6. The van der Waals surface area contributed by atoms with Crippen molar-refractivity contribution >= 4 is 0 Å². The van der Waals surface area contributed by atoms with Gasteiger partial charge in [-0.3, -0.25) is 4.90 Å². The van der Waals surface area contributed by atoms with E-state index in [2.05, 4.69) is 17.0 Å². The molecule has 1 aromatic heterocycles. The summed E-state index contributed by atoms with van der Waals surface area (Å²) in [6.45, 7) is 6.92. The van der Waals surface area contributed by atoms with Crippen LogP contribution in [0.1, 0.15) is 24.8 Å². The first-order valence-electron chi connectivity index (χ1n) is 5.55. The molecule has 0 radical (unpaired) electrons. The van der Waals surface area contributed by atoms with Gasteiger partial charge >= 0.3 is 0 Å². The van der Waals surface area contributed by atoms with Crippen LogP contribution in [-0.2, 0) is 6.54 Å². The van der Waals surface area contributed by atoms with Gasteiger partial charge < -0.3 is 10.3 Å². The van der Waals surface area contributed by atoms with Gasteiger partial charge in [-0.05, 0) is 32.7 Å². The molecule has 0 amide bonds. The second kappa shape index (κ2) is 4.33. The molecular formula is C11H19N3O. The Labute approximate surface area is 90.4 Å². The molecule has 0 bridgehead atoms. The molecule has 1 aliphatic rings. The molecule has 1 saturated heterocycles. The molecule has 0 aliphatic carbocycles. The van der Waals surface area contributed by atoms with Crippen LogP contribution in [0.5, 0.6) is 0 Å². The quantitative estimate of drug-likeness (QED) is 0.811. The highest BCUT2D eigenvalue weighted by Crippen LogP contribution is 2.24. The van der Waals surface area contributed by atoms with Gasteiger partial charge in [0.1, 0.15) is 0 Å². The zero-order valence-electron chi connectivity index (χ0n) is 9.44. The van der Waals surface area contributed by atoms with Crippen molar-refractivity contribution in [2.45, 2.75) is 32.9 Å². The number of nitrogens with two attached hydrogens (primary N) is 1. The fourth-order valence-corrected chi connectivity index (χ4v) is 2.30. The third-order valence-corrected chi connectivity index (χ3v) is 3.16. The van der Waals surface area contributed by atoms with Crippen molar-refractivity contribution in [2.75, 3.05) is 13.1 Å². The van der Waals surface area contributed by atoms with Crippen LogP contribution in [-0.4, -0.2) is 29.2 Å². The molecule has 4 heteroatoms. The van der Waals surface area contributed by atoms with E-state index in [0.29, 0.717) is 12.0 Å². The molecule has 1 aromatic rings. The Kier molecular flexibility index (Phi) is 3.07. The highest BCUT2D eigenvalue weighted by molar-refractivity contribution is 5.03. The van der Waals surface area contributed by atoms with Gasteiger partial charge in [-0.25, -0.2) is 0 Å². The number of likely N-dealkylation sites (tertiary alicyclic amines) is 1. The molecule has 84 valence electrons. The number of aryl methyl sites for hydroxylation is 1. The van der Waals surface area contributed by atoms with Gasteiger partial charge in [-0.2, -0.15) is 0 Å². The minimum atomic E-state index is 0.601. The molecule has 15 heavy (non-hydrogen) atoms. The van der Waals surface area contributed by atoms with Crippen molar-refractivity contribution < 1.29 is 4.52 Å². The van der Waals surface area contributed by atoms with Crippen LogP contribution < -0.4 is 5.73 Å². The normalized spacial score (nSPS) is 27.4. The zero-order chi connectivity index (χ0) is 10.8. The summed E-state index contributed by atoms with van der Waals surface area (Å²) >= 11 is 0.